The van der Waals surface area contributed by atoms with Gasteiger partial charge in [-0.1, -0.05) is 13.3 Å². The summed E-state index contributed by atoms with van der Waals surface area (Å²) in [5, 5.41) is 28.4. The third-order valence-corrected chi connectivity index (χ3v) is 4.42. The van der Waals surface area contributed by atoms with Crippen molar-refractivity contribution in [1.29, 1.82) is 5.26 Å². The summed E-state index contributed by atoms with van der Waals surface area (Å²) in [4.78, 5) is 2.12. The molecule has 1 saturated heterocycles. The lowest BCUT2D eigenvalue weighted by Crippen LogP contribution is -2.43. The molecule has 0 bridgehead atoms. The minimum atomic E-state index is -0.642. The highest BCUT2D eigenvalue weighted by molar-refractivity contribution is 5.00. The first-order valence-electron chi connectivity index (χ1n) is 6.65. The maximum absolute atomic E-state index is 9.61. The van der Waals surface area contributed by atoms with E-state index in [1.807, 2.05) is 0 Å². The fourth-order valence-electron chi connectivity index (χ4n) is 3.23. The summed E-state index contributed by atoms with van der Waals surface area (Å²) in [7, 11) is 0. The number of aliphatic hydroxyl groups excluding tert-OH is 2. The van der Waals surface area contributed by atoms with Crippen LogP contribution in [-0.4, -0.2) is 46.5 Å². The molecular formula is C13H22N2O2. The van der Waals surface area contributed by atoms with E-state index < -0.39 is 12.2 Å². The molecule has 0 amide bonds. The van der Waals surface area contributed by atoms with Gasteiger partial charge in [-0.2, -0.15) is 5.26 Å². The van der Waals surface area contributed by atoms with Crippen molar-refractivity contribution in [3.8, 4) is 6.07 Å². The Morgan fingerprint density at radius 2 is 1.88 bits per heavy atom. The summed E-state index contributed by atoms with van der Waals surface area (Å²) in [6.07, 6.45) is 3.02. The van der Waals surface area contributed by atoms with Crippen LogP contribution in [0.4, 0.5) is 0 Å². The van der Waals surface area contributed by atoms with Gasteiger partial charge in [-0.3, -0.25) is 4.90 Å². The fourth-order valence-corrected chi connectivity index (χ4v) is 3.23. The first kappa shape index (κ1) is 12.8. The number of nitriles is 1. The zero-order valence-corrected chi connectivity index (χ0v) is 10.4. The Kier molecular flexibility index (Phi) is 4.03. The number of aliphatic hydroxyl groups is 2. The smallest absolute Gasteiger partial charge is 0.0938 e. The third kappa shape index (κ3) is 2.62. The number of rotatable bonds is 2. The molecule has 5 atom stereocenters. The quantitative estimate of drug-likeness (QED) is 0.744. The van der Waals surface area contributed by atoms with Gasteiger partial charge >= 0.3 is 0 Å². The van der Waals surface area contributed by atoms with Crippen LogP contribution in [0.5, 0.6) is 0 Å². The zero-order chi connectivity index (χ0) is 12.4. The van der Waals surface area contributed by atoms with Crippen LogP contribution in [0.2, 0.25) is 0 Å². The summed E-state index contributed by atoms with van der Waals surface area (Å²) in [5.41, 5.74) is 0. The van der Waals surface area contributed by atoms with Crippen LogP contribution in [0.15, 0.2) is 0 Å². The molecular weight excluding hydrogens is 216 g/mol. The third-order valence-electron chi connectivity index (χ3n) is 4.42. The molecule has 96 valence electrons. The molecule has 0 spiro atoms. The second-order valence-corrected chi connectivity index (χ2v) is 5.48. The van der Waals surface area contributed by atoms with E-state index in [4.69, 9.17) is 0 Å². The Morgan fingerprint density at radius 1 is 1.24 bits per heavy atom. The van der Waals surface area contributed by atoms with Crippen LogP contribution in [0.25, 0.3) is 0 Å². The molecule has 2 aliphatic rings. The van der Waals surface area contributed by atoms with Gasteiger partial charge in [0, 0.05) is 19.1 Å². The molecule has 2 N–H and O–H groups in total. The van der Waals surface area contributed by atoms with Crippen LogP contribution < -0.4 is 0 Å². The molecule has 17 heavy (non-hydrogen) atoms. The number of hydrogen-bond donors (Lipinski definition) is 2. The maximum atomic E-state index is 9.61. The average molecular weight is 238 g/mol. The van der Waals surface area contributed by atoms with Crippen molar-refractivity contribution in [2.45, 2.75) is 50.9 Å². The van der Waals surface area contributed by atoms with E-state index in [2.05, 4.69) is 17.9 Å². The SMILES string of the molecule is CCC1CCC(C#N)C(N2CC(O)C(O)C2)C1. The summed E-state index contributed by atoms with van der Waals surface area (Å²) in [6.45, 7) is 3.23. The van der Waals surface area contributed by atoms with Gasteiger partial charge in [0.05, 0.1) is 24.2 Å². The van der Waals surface area contributed by atoms with Crippen molar-refractivity contribution in [3.63, 3.8) is 0 Å². The van der Waals surface area contributed by atoms with Crippen molar-refractivity contribution in [1.82, 2.24) is 4.90 Å². The van der Waals surface area contributed by atoms with Crippen molar-refractivity contribution in [2.75, 3.05) is 13.1 Å². The largest absolute Gasteiger partial charge is 0.389 e. The molecule has 2 rings (SSSR count). The predicted octanol–water partition coefficient (Wildman–Crippen LogP) is 0.742. The molecule has 0 aromatic carbocycles. The lowest BCUT2D eigenvalue weighted by molar-refractivity contribution is 0.0572. The Labute approximate surface area is 103 Å². The van der Waals surface area contributed by atoms with Gasteiger partial charge in [0.1, 0.15) is 0 Å². The molecule has 1 saturated carbocycles. The van der Waals surface area contributed by atoms with E-state index in [9.17, 15) is 15.5 Å². The molecule has 5 unspecified atom stereocenters. The molecule has 4 nitrogen and oxygen atoms in total. The number of β-amino-alcohol motifs (C(OH)–C–C–N with tert-alkyl or cyclic N) is 2. The highest BCUT2D eigenvalue weighted by Gasteiger charge is 2.39. The Balaban J connectivity index is 2.03. The average Bonchev–Trinajstić information content (AvgIpc) is 2.68. The Hall–Kier alpha value is -0.630. The fraction of sp³-hybridized carbons (Fsp3) is 0.923. The topological polar surface area (TPSA) is 67.5 Å². The van der Waals surface area contributed by atoms with Gasteiger partial charge in [-0.25, -0.2) is 0 Å². The molecule has 1 aliphatic heterocycles. The van der Waals surface area contributed by atoms with Crippen LogP contribution in [0.1, 0.15) is 32.6 Å². The first-order chi connectivity index (χ1) is 8.15. The Bertz CT molecular complexity index is 292. The molecule has 0 aromatic rings. The van der Waals surface area contributed by atoms with Crippen molar-refractivity contribution in [3.05, 3.63) is 0 Å². The van der Waals surface area contributed by atoms with Gasteiger partial charge in [-0.05, 0) is 25.2 Å². The lowest BCUT2D eigenvalue weighted by Gasteiger charge is -2.38. The minimum Gasteiger partial charge on any atom is -0.389 e. The van der Waals surface area contributed by atoms with E-state index in [0.717, 1.165) is 25.7 Å². The van der Waals surface area contributed by atoms with E-state index in [1.54, 1.807) is 0 Å². The predicted molar refractivity (Wildman–Crippen MR) is 64.1 cm³/mol. The molecule has 0 radical (unpaired) electrons. The van der Waals surface area contributed by atoms with E-state index >= 15 is 0 Å². The van der Waals surface area contributed by atoms with Crippen LogP contribution in [-0.2, 0) is 0 Å². The first-order valence-corrected chi connectivity index (χ1v) is 6.65. The van der Waals surface area contributed by atoms with Crippen molar-refractivity contribution < 1.29 is 10.2 Å². The summed E-state index contributed by atoms with van der Waals surface area (Å²) < 4.78 is 0. The van der Waals surface area contributed by atoms with E-state index in [-0.39, 0.29) is 12.0 Å². The monoisotopic (exact) mass is 238 g/mol. The van der Waals surface area contributed by atoms with Gasteiger partial charge in [-0.15, -0.1) is 0 Å². The summed E-state index contributed by atoms with van der Waals surface area (Å²) in [5.74, 6) is 0.759. The van der Waals surface area contributed by atoms with Crippen LogP contribution in [0.3, 0.4) is 0 Å². The van der Waals surface area contributed by atoms with Gasteiger partial charge in [0.15, 0.2) is 0 Å². The van der Waals surface area contributed by atoms with Crippen molar-refractivity contribution in [2.24, 2.45) is 11.8 Å². The second kappa shape index (κ2) is 5.34. The summed E-state index contributed by atoms with van der Waals surface area (Å²) >= 11 is 0. The summed E-state index contributed by atoms with van der Waals surface area (Å²) in [6, 6.07) is 2.63. The van der Waals surface area contributed by atoms with Gasteiger partial charge in [0.25, 0.3) is 0 Å². The minimum absolute atomic E-state index is 0.0651. The van der Waals surface area contributed by atoms with Crippen molar-refractivity contribution >= 4 is 0 Å². The van der Waals surface area contributed by atoms with Gasteiger partial charge < -0.3 is 10.2 Å². The molecule has 2 fully saturated rings. The maximum Gasteiger partial charge on any atom is 0.0938 e. The highest BCUT2D eigenvalue weighted by Crippen LogP contribution is 2.35. The highest BCUT2D eigenvalue weighted by atomic mass is 16.3. The molecule has 1 aliphatic carbocycles. The van der Waals surface area contributed by atoms with Gasteiger partial charge in [0.2, 0.25) is 0 Å². The van der Waals surface area contributed by atoms with Crippen LogP contribution >= 0.6 is 0 Å². The Morgan fingerprint density at radius 3 is 2.41 bits per heavy atom. The standard InChI is InChI=1S/C13H22N2O2/c1-2-9-3-4-10(6-14)11(5-9)15-7-12(16)13(17)8-15/h9-13,16-17H,2-5,7-8H2,1H3. The number of nitrogens with zero attached hydrogens (tertiary/aromatic N) is 2. The molecule has 4 heteroatoms. The van der Waals surface area contributed by atoms with Crippen LogP contribution in [0, 0.1) is 23.2 Å². The molecule has 1 heterocycles. The lowest BCUT2D eigenvalue weighted by atomic mass is 9.77. The zero-order valence-electron chi connectivity index (χ0n) is 10.4. The van der Waals surface area contributed by atoms with E-state index in [0.29, 0.717) is 19.0 Å². The second-order valence-electron chi connectivity index (χ2n) is 5.48. The van der Waals surface area contributed by atoms with E-state index in [1.165, 1.54) is 0 Å². The number of hydrogen-bond acceptors (Lipinski definition) is 4. The molecule has 0 aromatic heterocycles. The normalized spacial score (nSPS) is 43.5. The number of likely N-dealkylation sites (tertiary alicyclic amines) is 1.